The lowest BCUT2D eigenvalue weighted by molar-refractivity contribution is 0.101. The van der Waals surface area contributed by atoms with Gasteiger partial charge in [-0.3, -0.25) is 9.36 Å². The van der Waals surface area contributed by atoms with E-state index in [1.54, 1.807) is 30.9 Å². The van der Waals surface area contributed by atoms with Crippen LogP contribution >= 0.6 is 11.8 Å². The number of benzene rings is 1. The second-order valence-electron chi connectivity index (χ2n) is 5.18. The molecule has 2 aromatic rings. The molecule has 0 amide bonds. The van der Waals surface area contributed by atoms with Gasteiger partial charge in [-0.15, -0.1) is 5.10 Å². The van der Waals surface area contributed by atoms with Gasteiger partial charge in [0.05, 0.1) is 7.11 Å². The third-order valence-electron chi connectivity index (χ3n) is 3.50. The van der Waals surface area contributed by atoms with E-state index in [2.05, 4.69) is 10.2 Å². The van der Waals surface area contributed by atoms with Crippen LogP contribution in [-0.4, -0.2) is 41.4 Å². The minimum atomic E-state index is -0.238. The van der Waals surface area contributed by atoms with Gasteiger partial charge in [-0.1, -0.05) is 11.8 Å². The number of rotatable bonds is 9. The summed E-state index contributed by atoms with van der Waals surface area (Å²) in [6.07, 6.45) is 0.729. The Bertz CT molecular complexity index is 754. The number of nitrogens with one attached hydrogen (secondary N) is 1. The van der Waals surface area contributed by atoms with Gasteiger partial charge in [-0.05, 0) is 31.5 Å². The van der Waals surface area contributed by atoms with Crippen molar-refractivity contribution in [3.8, 4) is 5.75 Å². The summed E-state index contributed by atoms with van der Waals surface area (Å²) in [5.41, 5.74) is 1.28. The number of ether oxygens (including phenoxy) is 2. The van der Waals surface area contributed by atoms with Crippen molar-refractivity contribution >= 4 is 17.5 Å². The molecule has 24 heavy (non-hydrogen) atoms. The van der Waals surface area contributed by atoms with Crippen molar-refractivity contribution in [3.05, 3.63) is 39.8 Å². The summed E-state index contributed by atoms with van der Waals surface area (Å²) >= 11 is 1.42. The van der Waals surface area contributed by atoms with Crippen LogP contribution in [0.15, 0.2) is 28.2 Å². The average Bonchev–Trinajstić information content (AvgIpc) is 2.93. The van der Waals surface area contributed by atoms with Gasteiger partial charge in [0.1, 0.15) is 5.75 Å². The molecule has 0 unspecified atom stereocenters. The molecule has 0 saturated carbocycles. The predicted octanol–water partition coefficient (Wildman–Crippen LogP) is 2.11. The van der Waals surface area contributed by atoms with Crippen molar-refractivity contribution in [2.75, 3.05) is 20.8 Å². The summed E-state index contributed by atoms with van der Waals surface area (Å²) in [5, 5.41) is 7.13. The fourth-order valence-electron chi connectivity index (χ4n) is 2.23. The molecule has 0 radical (unpaired) electrons. The molecular weight excluding hydrogens is 330 g/mol. The molecule has 0 atom stereocenters. The molecule has 0 bridgehead atoms. The van der Waals surface area contributed by atoms with E-state index >= 15 is 0 Å². The predicted molar refractivity (Wildman–Crippen MR) is 91.9 cm³/mol. The van der Waals surface area contributed by atoms with E-state index in [4.69, 9.17) is 9.47 Å². The van der Waals surface area contributed by atoms with Gasteiger partial charge in [0.2, 0.25) is 0 Å². The first-order chi connectivity index (χ1) is 11.6. The molecule has 0 saturated heterocycles. The van der Waals surface area contributed by atoms with Crippen LogP contribution in [0.2, 0.25) is 0 Å². The lowest BCUT2D eigenvalue weighted by Crippen LogP contribution is -2.18. The first-order valence-corrected chi connectivity index (χ1v) is 8.50. The standard InChI is InChI=1S/C16H21N3O4S/c1-11(20)12-5-6-14(23-3)13(9-12)10-24-16-18-17-15(21)19(16)7-4-8-22-2/h5-6,9H,4,7-8,10H2,1-3H3,(H,17,21). The zero-order chi connectivity index (χ0) is 17.5. The SMILES string of the molecule is COCCCn1c(SCc2cc(C(C)=O)ccc2OC)n[nH]c1=O. The van der Waals surface area contributed by atoms with E-state index in [1.165, 1.54) is 18.7 Å². The quantitative estimate of drug-likeness (QED) is 0.423. The Morgan fingerprint density at radius 2 is 2.17 bits per heavy atom. The maximum Gasteiger partial charge on any atom is 0.343 e. The zero-order valence-corrected chi connectivity index (χ0v) is 14.8. The largest absolute Gasteiger partial charge is 0.496 e. The number of aromatic amines is 1. The maximum absolute atomic E-state index is 11.8. The van der Waals surface area contributed by atoms with E-state index in [0.29, 0.717) is 35.4 Å². The number of H-pyrrole nitrogens is 1. The van der Waals surface area contributed by atoms with E-state index in [0.717, 1.165) is 12.0 Å². The molecular formula is C16H21N3O4S. The van der Waals surface area contributed by atoms with Crippen LogP contribution in [-0.2, 0) is 17.0 Å². The van der Waals surface area contributed by atoms with Gasteiger partial charge < -0.3 is 9.47 Å². The number of hydrogen-bond donors (Lipinski definition) is 1. The second-order valence-corrected chi connectivity index (χ2v) is 6.12. The highest BCUT2D eigenvalue weighted by atomic mass is 32.2. The van der Waals surface area contributed by atoms with Gasteiger partial charge in [0.25, 0.3) is 0 Å². The van der Waals surface area contributed by atoms with Crippen LogP contribution in [0.1, 0.15) is 29.3 Å². The number of hydrogen-bond acceptors (Lipinski definition) is 6. The molecule has 8 heteroatoms. The molecule has 2 rings (SSSR count). The molecule has 0 fully saturated rings. The number of nitrogens with zero attached hydrogens (tertiary/aromatic N) is 2. The van der Waals surface area contributed by atoms with Crippen molar-refractivity contribution in [2.45, 2.75) is 30.8 Å². The highest BCUT2D eigenvalue weighted by Gasteiger charge is 2.12. The molecule has 0 aliphatic heterocycles. The van der Waals surface area contributed by atoms with Gasteiger partial charge in [-0.2, -0.15) is 0 Å². The molecule has 1 aromatic heterocycles. The number of aromatic nitrogens is 3. The lowest BCUT2D eigenvalue weighted by Gasteiger charge is -2.10. The van der Waals surface area contributed by atoms with Gasteiger partial charge >= 0.3 is 5.69 Å². The van der Waals surface area contributed by atoms with Crippen LogP contribution in [0.4, 0.5) is 0 Å². The summed E-state index contributed by atoms with van der Waals surface area (Å²) < 4.78 is 11.9. The van der Waals surface area contributed by atoms with Crippen molar-refractivity contribution in [1.29, 1.82) is 0 Å². The first kappa shape index (κ1) is 18.3. The highest BCUT2D eigenvalue weighted by molar-refractivity contribution is 7.98. The molecule has 1 N–H and O–H groups in total. The number of Topliss-reactive ketones (excluding diaryl/α,β-unsaturated/α-hetero) is 1. The fourth-order valence-corrected chi connectivity index (χ4v) is 3.18. The Kier molecular flexibility index (Phi) is 6.62. The number of carbonyl (C=O) groups is 1. The molecule has 0 aliphatic rings. The van der Waals surface area contributed by atoms with Gasteiger partial charge in [-0.25, -0.2) is 9.89 Å². The van der Waals surface area contributed by atoms with Crippen molar-refractivity contribution < 1.29 is 14.3 Å². The monoisotopic (exact) mass is 351 g/mol. The molecule has 1 heterocycles. The van der Waals surface area contributed by atoms with Crippen molar-refractivity contribution in [3.63, 3.8) is 0 Å². The zero-order valence-electron chi connectivity index (χ0n) is 14.0. The number of carbonyl (C=O) groups excluding carboxylic acids is 1. The summed E-state index contributed by atoms with van der Waals surface area (Å²) in [5.74, 6) is 1.25. The van der Waals surface area contributed by atoms with Gasteiger partial charge in [0.15, 0.2) is 10.9 Å². The van der Waals surface area contributed by atoms with Crippen LogP contribution in [0.3, 0.4) is 0 Å². The average molecular weight is 351 g/mol. The Labute approximate surface area is 144 Å². The molecule has 7 nitrogen and oxygen atoms in total. The van der Waals surface area contributed by atoms with Crippen molar-refractivity contribution in [2.24, 2.45) is 0 Å². The number of thioether (sulfide) groups is 1. The summed E-state index contributed by atoms with van der Waals surface area (Å²) in [6, 6.07) is 5.33. The summed E-state index contributed by atoms with van der Waals surface area (Å²) in [7, 11) is 3.22. The Balaban J connectivity index is 2.15. The third-order valence-corrected chi connectivity index (χ3v) is 4.52. The Morgan fingerprint density at radius 1 is 1.38 bits per heavy atom. The summed E-state index contributed by atoms with van der Waals surface area (Å²) in [4.78, 5) is 23.4. The summed E-state index contributed by atoms with van der Waals surface area (Å²) in [6.45, 7) is 2.65. The van der Waals surface area contributed by atoms with Crippen LogP contribution in [0, 0.1) is 0 Å². The topological polar surface area (TPSA) is 86.2 Å². The number of methoxy groups -OCH3 is 2. The van der Waals surface area contributed by atoms with Crippen LogP contribution < -0.4 is 10.4 Å². The Morgan fingerprint density at radius 3 is 2.83 bits per heavy atom. The maximum atomic E-state index is 11.8. The molecule has 0 aliphatic carbocycles. The molecule has 1 aromatic carbocycles. The smallest absolute Gasteiger partial charge is 0.343 e. The minimum Gasteiger partial charge on any atom is -0.496 e. The normalized spacial score (nSPS) is 10.8. The van der Waals surface area contributed by atoms with Crippen LogP contribution in [0.5, 0.6) is 5.75 Å². The minimum absolute atomic E-state index is 0.000136. The Hall–Kier alpha value is -2.06. The lowest BCUT2D eigenvalue weighted by atomic mass is 10.1. The highest BCUT2D eigenvalue weighted by Crippen LogP contribution is 2.27. The van der Waals surface area contributed by atoms with Crippen LogP contribution in [0.25, 0.3) is 0 Å². The van der Waals surface area contributed by atoms with E-state index in [-0.39, 0.29) is 11.5 Å². The molecule has 130 valence electrons. The fraction of sp³-hybridized carbons (Fsp3) is 0.438. The number of ketones is 1. The van der Waals surface area contributed by atoms with Gasteiger partial charge in [0, 0.05) is 37.1 Å². The van der Waals surface area contributed by atoms with E-state index < -0.39 is 0 Å². The second kappa shape index (κ2) is 8.70. The van der Waals surface area contributed by atoms with E-state index in [9.17, 15) is 9.59 Å². The third kappa shape index (κ3) is 4.48. The molecule has 0 spiro atoms. The van der Waals surface area contributed by atoms with Crippen molar-refractivity contribution in [1.82, 2.24) is 14.8 Å². The first-order valence-electron chi connectivity index (χ1n) is 7.51. The van der Waals surface area contributed by atoms with E-state index in [1.807, 2.05) is 6.07 Å².